The number of carbonyl (C=O) groups excluding carboxylic acids is 1. The highest BCUT2D eigenvalue weighted by Gasteiger charge is 2.45. The lowest BCUT2D eigenvalue weighted by atomic mass is 10.1. The number of hydrogen-bond acceptors (Lipinski definition) is 5. The number of halogens is 3. The summed E-state index contributed by atoms with van der Waals surface area (Å²) in [5.41, 5.74) is 1.91. The van der Waals surface area contributed by atoms with Crippen LogP contribution >= 0.6 is 0 Å². The van der Waals surface area contributed by atoms with E-state index >= 15 is 0 Å². The van der Waals surface area contributed by atoms with Gasteiger partial charge in [0.25, 0.3) is 5.91 Å². The molecule has 7 nitrogen and oxygen atoms in total. The highest BCUT2D eigenvalue weighted by molar-refractivity contribution is 5.95. The first-order valence-electron chi connectivity index (χ1n) is 9.40. The standard InChI is InChI=1S/C18H20N4O.C2HF3O2/c1-13-4-2-5-14(12-13)17(23)21-10-6-16-15(21)7-11-22(16)18-19-8-3-9-20-18;3-2(4,5)1(6)7/h2-5,8-9,12,15-16H,6-7,10-11H2,1H3;(H,6,7)/t15-,16+;/m1./s1. The molecule has 3 heterocycles. The molecule has 10 heteroatoms. The van der Waals surface area contributed by atoms with Crippen LogP contribution in [0, 0.1) is 6.92 Å². The number of fused-ring (bicyclic) bond motifs is 1. The van der Waals surface area contributed by atoms with Gasteiger partial charge in [0.2, 0.25) is 5.95 Å². The van der Waals surface area contributed by atoms with Gasteiger partial charge in [-0.2, -0.15) is 13.2 Å². The molecule has 2 fully saturated rings. The second-order valence-corrected chi connectivity index (χ2v) is 7.13. The molecule has 1 aromatic carbocycles. The Morgan fingerprint density at radius 2 is 1.70 bits per heavy atom. The highest BCUT2D eigenvalue weighted by Crippen LogP contribution is 2.34. The van der Waals surface area contributed by atoms with E-state index < -0.39 is 12.1 Å². The van der Waals surface area contributed by atoms with Gasteiger partial charge in [-0.05, 0) is 38.0 Å². The topological polar surface area (TPSA) is 86.6 Å². The molecule has 2 aliphatic rings. The summed E-state index contributed by atoms with van der Waals surface area (Å²) >= 11 is 0. The molecule has 4 rings (SSSR count). The number of alkyl halides is 3. The Labute approximate surface area is 171 Å². The average molecular weight is 422 g/mol. The van der Waals surface area contributed by atoms with E-state index in [1.807, 2.05) is 42.2 Å². The molecule has 160 valence electrons. The minimum Gasteiger partial charge on any atom is -0.475 e. The number of likely N-dealkylation sites (tertiary alicyclic amines) is 1. The Morgan fingerprint density at radius 1 is 1.07 bits per heavy atom. The lowest BCUT2D eigenvalue weighted by Gasteiger charge is -2.25. The number of carboxylic acids is 1. The number of hydrogen-bond donors (Lipinski definition) is 1. The summed E-state index contributed by atoms with van der Waals surface area (Å²) in [4.78, 5) is 34.8. The fraction of sp³-hybridized carbons (Fsp3) is 0.400. The summed E-state index contributed by atoms with van der Waals surface area (Å²) in [5.74, 6) is -1.82. The Balaban J connectivity index is 0.000000318. The number of anilines is 1. The van der Waals surface area contributed by atoms with Crippen molar-refractivity contribution in [2.45, 2.75) is 38.0 Å². The first kappa shape index (κ1) is 21.5. The van der Waals surface area contributed by atoms with E-state index in [-0.39, 0.29) is 11.9 Å². The number of aromatic nitrogens is 2. The van der Waals surface area contributed by atoms with Gasteiger partial charge in [0.15, 0.2) is 0 Å². The van der Waals surface area contributed by atoms with Gasteiger partial charge >= 0.3 is 12.1 Å². The van der Waals surface area contributed by atoms with Gasteiger partial charge in [-0.15, -0.1) is 0 Å². The molecular formula is C20H21F3N4O3. The van der Waals surface area contributed by atoms with Crippen molar-refractivity contribution in [3.8, 4) is 0 Å². The summed E-state index contributed by atoms with van der Waals surface area (Å²) in [6.45, 7) is 3.75. The van der Waals surface area contributed by atoms with E-state index in [2.05, 4.69) is 14.9 Å². The SMILES string of the molecule is Cc1cccc(C(=O)N2CC[C@H]3[C@H]2CCN3c2ncccn2)c1.O=C(O)C(F)(F)F. The summed E-state index contributed by atoms with van der Waals surface area (Å²) in [7, 11) is 0. The van der Waals surface area contributed by atoms with Crippen molar-refractivity contribution in [1.82, 2.24) is 14.9 Å². The van der Waals surface area contributed by atoms with Crippen LogP contribution in [-0.4, -0.2) is 63.2 Å². The number of benzene rings is 1. The highest BCUT2D eigenvalue weighted by atomic mass is 19.4. The van der Waals surface area contributed by atoms with E-state index in [0.717, 1.165) is 43.0 Å². The van der Waals surface area contributed by atoms with Crippen molar-refractivity contribution in [3.05, 3.63) is 53.9 Å². The fourth-order valence-corrected chi connectivity index (χ4v) is 3.87. The molecule has 2 aliphatic heterocycles. The number of aliphatic carboxylic acids is 1. The van der Waals surface area contributed by atoms with E-state index in [0.29, 0.717) is 6.04 Å². The van der Waals surface area contributed by atoms with Crippen LogP contribution in [0.15, 0.2) is 42.7 Å². The Morgan fingerprint density at radius 3 is 2.30 bits per heavy atom. The molecule has 1 amide bonds. The molecule has 2 atom stereocenters. The Hall–Kier alpha value is -3.17. The summed E-state index contributed by atoms with van der Waals surface area (Å²) < 4.78 is 31.7. The van der Waals surface area contributed by atoms with E-state index in [9.17, 15) is 18.0 Å². The van der Waals surface area contributed by atoms with Crippen LogP contribution < -0.4 is 4.90 Å². The smallest absolute Gasteiger partial charge is 0.475 e. The molecule has 0 radical (unpaired) electrons. The van der Waals surface area contributed by atoms with Crippen LogP contribution in [0.3, 0.4) is 0 Å². The van der Waals surface area contributed by atoms with E-state index in [4.69, 9.17) is 9.90 Å². The molecule has 2 aromatic rings. The maximum absolute atomic E-state index is 12.9. The van der Waals surface area contributed by atoms with Gasteiger partial charge in [-0.1, -0.05) is 17.7 Å². The largest absolute Gasteiger partial charge is 0.490 e. The summed E-state index contributed by atoms with van der Waals surface area (Å²) in [6, 6.07) is 10.3. The molecule has 0 aliphatic carbocycles. The number of aryl methyl sites for hydroxylation is 1. The molecule has 0 spiro atoms. The van der Waals surface area contributed by atoms with Gasteiger partial charge in [0, 0.05) is 31.0 Å². The third-order valence-electron chi connectivity index (χ3n) is 5.15. The maximum atomic E-state index is 12.9. The second-order valence-electron chi connectivity index (χ2n) is 7.13. The predicted octanol–water partition coefficient (Wildman–Crippen LogP) is 2.91. The van der Waals surface area contributed by atoms with Gasteiger partial charge in [0.05, 0.1) is 12.1 Å². The Bertz CT molecular complexity index is 908. The normalized spacial score (nSPS) is 20.4. The van der Waals surface area contributed by atoms with Crippen molar-refractivity contribution in [3.63, 3.8) is 0 Å². The zero-order valence-corrected chi connectivity index (χ0v) is 16.2. The zero-order chi connectivity index (χ0) is 21.9. The van der Waals surface area contributed by atoms with Crippen LogP contribution in [0.25, 0.3) is 0 Å². The first-order chi connectivity index (χ1) is 14.2. The molecule has 0 unspecified atom stereocenters. The van der Waals surface area contributed by atoms with Crippen LogP contribution in [0.4, 0.5) is 19.1 Å². The van der Waals surface area contributed by atoms with Crippen LogP contribution in [-0.2, 0) is 4.79 Å². The maximum Gasteiger partial charge on any atom is 0.490 e. The van der Waals surface area contributed by atoms with Crippen molar-refractivity contribution in [2.75, 3.05) is 18.0 Å². The number of amides is 1. The fourth-order valence-electron chi connectivity index (χ4n) is 3.87. The number of carbonyl (C=O) groups is 2. The van der Waals surface area contributed by atoms with Crippen LogP contribution in [0.2, 0.25) is 0 Å². The molecule has 1 N–H and O–H groups in total. The molecule has 30 heavy (non-hydrogen) atoms. The summed E-state index contributed by atoms with van der Waals surface area (Å²) in [5, 5.41) is 7.12. The Kier molecular flexibility index (Phi) is 6.23. The predicted molar refractivity (Wildman–Crippen MR) is 102 cm³/mol. The van der Waals surface area contributed by atoms with Crippen LogP contribution in [0.1, 0.15) is 28.8 Å². The quantitative estimate of drug-likeness (QED) is 0.801. The molecule has 0 bridgehead atoms. The van der Waals surface area contributed by atoms with Crippen LogP contribution in [0.5, 0.6) is 0 Å². The minimum atomic E-state index is -5.08. The molecule has 0 saturated carbocycles. The molecule has 1 aromatic heterocycles. The summed E-state index contributed by atoms with van der Waals surface area (Å²) in [6.07, 6.45) is 0.446. The number of carboxylic acid groups (broad SMARTS) is 1. The first-order valence-corrected chi connectivity index (χ1v) is 9.40. The lowest BCUT2D eigenvalue weighted by molar-refractivity contribution is -0.192. The minimum absolute atomic E-state index is 0.150. The monoisotopic (exact) mass is 422 g/mol. The molecule has 2 saturated heterocycles. The zero-order valence-electron chi connectivity index (χ0n) is 16.2. The van der Waals surface area contributed by atoms with Crippen molar-refractivity contribution in [1.29, 1.82) is 0 Å². The average Bonchev–Trinajstić information content (AvgIpc) is 3.30. The number of nitrogens with zero attached hydrogens (tertiary/aromatic N) is 4. The van der Waals surface area contributed by atoms with Gasteiger partial charge in [0.1, 0.15) is 0 Å². The third-order valence-corrected chi connectivity index (χ3v) is 5.15. The molecular weight excluding hydrogens is 401 g/mol. The van der Waals surface area contributed by atoms with Crippen molar-refractivity contribution < 1.29 is 27.9 Å². The lowest BCUT2D eigenvalue weighted by Crippen LogP contribution is -2.40. The van der Waals surface area contributed by atoms with Gasteiger partial charge < -0.3 is 14.9 Å². The van der Waals surface area contributed by atoms with Gasteiger partial charge in [-0.3, -0.25) is 4.79 Å². The van der Waals surface area contributed by atoms with Crippen molar-refractivity contribution >= 4 is 17.8 Å². The third kappa shape index (κ3) is 4.69. The van der Waals surface area contributed by atoms with E-state index in [1.54, 1.807) is 12.4 Å². The van der Waals surface area contributed by atoms with Gasteiger partial charge in [-0.25, -0.2) is 14.8 Å². The van der Waals surface area contributed by atoms with Crippen molar-refractivity contribution in [2.24, 2.45) is 0 Å². The number of rotatable bonds is 2. The second kappa shape index (κ2) is 8.68. The van der Waals surface area contributed by atoms with E-state index in [1.165, 1.54) is 0 Å².